The Hall–Kier alpha value is -0.690. The maximum Gasteiger partial charge on any atom is 0.319 e. The lowest BCUT2D eigenvalue weighted by Gasteiger charge is -2.12. The lowest BCUT2D eigenvalue weighted by molar-refractivity contribution is -0.142. The second-order valence-electron chi connectivity index (χ2n) is 2.78. The molecule has 0 heterocycles. The highest BCUT2D eigenvalue weighted by molar-refractivity contribution is 8.00. The van der Waals surface area contributed by atoms with Gasteiger partial charge in [-0.2, -0.15) is 5.26 Å². The number of carbonyl (C=O) groups excluding carboxylic acids is 1. The number of rotatable bonds is 7. The molecule has 3 nitrogen and oxygen atoms in total. The van der Waals surface area contributed by atoms with Crippen LogP contribution in [0.2, 0.25) is 0 Å². The zero-order chi connectivity index (χ0) is 10.8. The van der Waals surface area contributed by atoms with Crippen molar-refractivity contribution in [3.05, 3.63) is 0 Å². The first kappa shape index (κ1) is 13.3. The van der Waals surface area contributed by atoms with Crippen molar-refractivity contribution >= 4 is 17.7 Å². The van der Waals surface area contributed by atoms with Gasteiger partial charge in [0.05, 0.1) is 12.7 Å². The molecule has 0 spiro atoms. The Balaban J connectivity index is 3.68. The van der Waals surface area contributed by atoms with Crippen molar-refractivity contribution in [2.45, 2.75) is 38.4 Å². The highest BCUT2D eigenvalue weighted by atomic mass is 32.2. The van der Waals surface area contributed by atoms with Crippen LogP contribution in [0.1, 0.15) is 33.1 Å². The summed E-state index contributed by atoms with van der Waals surface area (Å²) in [6, 6.07) is 2.08. The van der Waals surface area contributed by atoms with Crippen LogP contribution in [-0.4, -0.2) is 23.6 Å². The van der Waals surface area contributed by atoms with Gasteiger partial charge < -0.3 is 4.74 Å². The van der Waals surface area contributed by atoms with Gasteiger partial charge in [0.15, 0.2) is 0 Å². The van der Waals surface area contributed by atoms with Crippen molar-refractivity contribution in [1.29, 1.82) is 5.26 Å². The highest BCUT2D eigenvalue weighted by Crippen LogP contribution is 2.17. The Morgan fingerprint density at radius 2 is 2.29 bits per heavy atom. The Morgan fingerprint density at radius 1 is 1.57 bits per heavy atom. The van der Waals surface area contributed by atoms with Gasteiger partial charge in [-0.3, -0.25) is 4.79 Å². The number of hydrogen-bond acceptors (Lipinski definition) is 4. The summed E-state index contributed by atoms with van der Waals surface area (Å²) in [6.45, 7) is 4.22. The lowest BCUT2D eigenvalue weighted by Crippen LogP contribution is -2.19. The van der Waals surface area contributed by atoms with E-state index in [4.69, 9.17) is 10.00 Å². The van der Waals surface area contributed by atoms with Crippen molar-refractivity contribution in [1.82, 2.24) is 0 Å². The molecule has 80 valence electrons. The molecule has 0 aliphatic carbocycles. The smallest absolute Gasteiger partial charge is 0.319 e. The zero-order valence-electron chi connectivity index (χ0n) is 8.78. The molecular formula is C10H17NO2S. The predicted octanol–water partition coefficient (Wildman–Crippen LogP) is 2.37. The fourth-order valence-electron chi connectivity index (χ4n) is 0.965. The molecule has 0 aromatic heterocycles. The van der Waals surface area contributed by atoms with Gasteiger partial charge in [-0.15, -0.1) is 11.8 Å². The van der Waals surface area contributed by atoms with Crippen molar-refractivity contribution in [3.8, 4) is 6.07 Å². The van der Waals surface area contributed by atoms with E-state index in [1.807, 2.05) is 13.8 Å². The van der Waals surface area contributed by atoms with Crippen molar-refractivity contribution in [2.75, 3.05) is 12.4 Å². The number of hydrogen-bond donors (Lipinski definition) is 0. The van der Waals surface area contributed by atoms with Crippen LogP contribution < -0.4 is 0 Å². The molecule has 0 saturated heterocycles. The Labute approximate surface area is 89.8 Å². The van der Waals surface area contributed by atoms with Gasteiger partial charge >= 0.3 is 5.97 Å². The number of thioether (sulfide) groups is 1. The summed E-state index contributed by atoms with van der Waals surface area (Å²) in [5.74, 6) is 0.724. The van der Waals surface area contributed by atoms with E-state index in [0.717, 1.165) is 18.6 Å². The minimum Gasteiger partial charge on any atom is -0.465 e. The van der Waals surface area contributed by atoms with Gasteiger partial charge in [-0.1, -0.05) is 6.92 Å². The van der Waals surface area contributed by atoms with Crippen LogP contribution in [-0.2, 0) is 9.53 Å². The summed E-state index contributed by atoms with van der Waals surface area (Å²) in [7, 11) is 0. The number of nitrogens with zero attached hydrogens (tertiary/aromatic N) is 1. The molecule has 0 rings (SSSR count). The van der Waals surface area contributed by atoms with Gasteiger partial charge in [-0.05, 0) is 25.5 Å². The molecule has 0 fully saturated rings. The van der Waals surface area contributed by atoms with E-state index in [-0.39, 0.29) is 11.2 Å². The van der Waals surface area contributed by atoms with E-state index in [0.29, 0.717) is 13.0 Å². The van der Waals surface area contributed by atoms with Crippen LogP contribution >= 0.6 is 11.8 Å². The SMILES string of the molecule is CCOC(=O)C(CC)SCCCC#N. The van der Waals surface area contributed by atoms with E-state index in [9.17, 15) is 4.79 Å². The third-order valence-corrected chi connectivity index (χ3v) is 3.12. The average molecular weight is 215 g/mol. The molecule has 1 atom stereocenters. The molecule has 0 aromatic rings. The Kier molecular flexibility index (Phi) is 8.45. The first-order chi connectivity index (χ1) is 6.76. The summed E-state index contributed by atoms with van der Waals surface area (Å²) in [5.41, 5.74) is 0. The first-order valence-electron chi connectivity index (χ1n) is 4.91. The van der Waals surface area contributed by atoms with Gasteiger partial charge in [0.1, 0.15) is 5.25 Å². The van der Waals surface area contributed by atoms with Gasteiger partial charge in [-0.25, -0.2) is 0 Å². The molecule has 4 heteroatoms. The average Bonchev–Trinajstić information content (AvgIpc) is 2.18. The van der Waals surface area contributed by atoms with Crippen LogP contribution in [0.15, 0.2) is 0 Å². The van der Waals surface area contributed by atoms with Crippen LogP contribution in [0.5, 0.6) is 0 Å². The standard InChI is InChI=1S/C10H17NO2S/c1-3-9(10(12)13-4-2)14-8-6-5-7-11/h9H,3-6,8H2,1-2H3. The molecule has 14 heavy (non-hydrogen) atoms. The zero-order valence-corrected chi connectivity index (χ0v) is 9.60. The summed E-state index contributed by atoms with van der Waals surface area (Å²) >= 11 is 1.58. The monoisotopic (exact) mass is 215 g/mol. The summed E-state index contributed by atoms with van der Waals surface area (Å²) < 4.78 is 4.93. The lowest BCUT2D eigenvalue weighted by atomic mass is 10.3. The fraction of sp³-hybridized carbons (Fsp3) is 0.800. The molecule has 0 aliphatic rings. The largest absolute Gasteiger partial charge is 0.465 e. The summed E-state index contributed by atoms with van der Waals surface area (Å²) in [4.78, 5) is 11.3. The van der Waals surface area contributed by atoms with Crippen molar-refractivity contribution in [2.24, 2.45) is 0 Å². The van der Waals surface area contributed by atoms with E-state index in [1.165, 1.54) is 0 Å². The normalized spacial score (nSPS) is 11.8. The molecule has 0 radical (unpaired) electrons. The second kappa shape index (κ2) is 8.89. The third-order valence-electron chi connectivity index (χ3n) is 1.67. The number of carbonyl (C=O) groups is 1. The number of nitriles is 1. The van der Waals surface area contributed by atoms with Gasteiger partial charge in [0.2, 0.25) is 0 Å². The molecule has 0 bridgehead atoms. The molecule has 0 amide bonds. The highest BCUT2D eigenvalue weighted by Gasteiger charge is 2.17. The predicted molar refractivity (Wildman–Crippen MR) is 58.0 cm³/mol. The maximum absolute atomic E-state index is 11.3. The number of ether oxygens (including phenoxy) is 1. The third kappa shape index (κ3) is 5.87. The number of esters is 1. The Morgan fingerprint density at radius 3 is 2.79 bits per heavy atom. The molecule has 0 N–H and O–H groups in total. The summed E-state index contributed by atoms with van der Waals surface area (Å²) in [6.07, 6.45) is 2.19. The van der Waals surface area contributed by atoms with Gasteiger partial charge in [0.25, 0.3) is 0 Å². The van der Waals surface area contributed by atoms with E-state index in [2.05, 4.69) is 6.07 Å². The van der Waals surface area contributed by atoms with Crippen LogP contribution in [0.3, 0.4) is 0 Å². The van der Waals surface area contributed by atoms with Crippen LogP contribution in [0.4, 0.5) is 0 Å². The summed E-state index contributed by atoms with van der Waals surface area (Å²) in [5, 5.41) is 8.27. The van der Waals surface area contributed by atoms with E-state index < -0.39 is 0 Å². The second-order valence-corrected chi connectivity index (χ2v) is 4.09. The van der Waals surface area contributed by atoms with Crippen molar-refractivity contribution < 1.29 is 9.53 Å². The quantitative estimate of drug-likeness (QED) is 0.483. The van der Waals surface area contributed by atoms with Gasteiger partial charge in [0, 0.05) is 6.42 Å². The molecule has 0 saturated carbocycles. The minimum absolute atomic E-state index is 0.0614. The van der Waals surface area contributed by atoms with E-state index in [1.54, 1.807) is 11.8 Å². The molecular weight excluding hydrogens is 198 g/mol. The Bertz CT molecular complexity index is 201. The van der Waals surface area contributed by atoms with Crippen LogP contribution in [0.25, 0.3) is 0 Å². The molecule has 1 unspecified atom stereocenters. The van der Waals surface area contributed by atoms with Crippen LogP contribution in [0, 0.1) is 11.3 Å². The topological polar surface area (TPSA) is 50.1 Å². The fourth-order valence-corrected chi connectivity index (χ4v) is 2.00. The maximum atomic E-state index is 11.3. The molecule has 0 aliphatic heterocycles. The minimum atomic E-state index is -0.128. The van der Waals surface area contributed by atoms with E-state index >= 15 is 0 Å². The van der Waals surface area contributed by atoms with Crippen molar-refractivity contribution in [3.63, 3.8) is 0 Å². The first-order valence-corrected chi connectivity index (χ1v) is 5.96. The molecule has 0 aromatic carbocycles. The number of unbranched alkanes of at least 4 members (excludes halogenated alkanes) is 1.